The van der Waals surface area contributed by atoms with Crippen LogP contribution in [0.4, 0.5) is 0 Å². The summed E-state index contributed by atoms with van der Waals surface area (Å²) >= 11 is 0. The van der Waals surface area contributed by atoms with Gasteiger partial charge in [-0.25, -0.2) is 5.43 Å². The third kappa shape index (κ3) is 6.05. The molecule has 0 aliphatic carbocycles. The topological polar surface area (TPSA) is 66.4 Å². The molecule has 0 aromatic heterocycles. The molecule has 0 saturated carbocycles. The van der Waals surface area contributed by atoms with Crippen LogP contribution >= 0.6 is 0 Å². The van der Waals surface area contributed by atoms with Crippen molar-refractivity contribution < 1.29 is 14.3 Å². The standard InChI is InChI=1S/C23H30N4O3/c1-18-7-9-19(10-8-18)16-26-11-13-27(14-12-26)17-22(28)25-24-15-20-5-4-6-21(29-2)23(20)30-3/h4-10,15H,11-14,16-17H2,1-3H3,(H,25,28)/b24-15-. The maximum atomic E-state index is 12.2. The third-order valence-electron chi connectivity index (χ3n) is 5.19. The van der Waals surface area contributed by atoms with Gasteiger partial charge in [-0.3, -0.25) is 14.6 Å². The van der Waals surface area contributed by atoms with Crippen molar-refractivity contribution in [2.24, 2.45) is 5.10 Å². The van der Waals surface area contributed by atoms with Gasteiger partial charge in [-0.05, 0) is 24.6 Å². The van der Waals surface area contributed by atoms with E-state index in [2.05, 4.69) is 51.5 Å². The van der Waals surface area contributed by atoms with Crippen LogP contribution in [-0.4, -0.2) is 68.9 Å². The Hall–Kier alpha value is -2.90. The molecule has 0 spiro atoms. The van der Waals surface area contributed by atoms with Crippen LogP contribution in [-0.2, 0) is 11.3 Å². The van der Waals surface area contributed by atoms with Crippen molar-refractivity contribution in [3.63, 3.8) is 0 Å². The summed E-state index contributed by atoms with van der Waals surface area (Å²) in [6.45, 7) is 7.03. The fourth-order valence-corrected chi connectivity index (χ4v) is 3.48. The van der Waals surface area contributed by atoms with E-state index < -0.39 is 0 Å². The number of methoxy groups -OCH3 is 2. The van der Waals surface area contributed by atoms with Gasteiger partial charge >= 0.3 is 0 Å². The van der Waals surface area contributed by atoms with Crippen LogP contribution in [0.15, 0.2) is 47.6 Å². The number of rotatable bonds is 8. The maximum Gasteiger partial charge on any atom is 0.254 e. The normalized spacial score (nSPS) is 15.3. The Morgan fingerprint density at radius 2 is 1.73 bits per heavy atom. The van der Waals surface area contributed by atoms with E-state index in [1.807, 2.05) is 18.2 Å². The van der Waals surface area contributed by atoms with Gasteiger partial charge in [0.25, 0.3) is 5.91 Å². The highest BCUT2D eigenvalue weighted by Gasteiger charge is 2.19. The highest BCUT2D eigenvalue weighted by atomic mass is 16.5. The molecular weight excluding hydrogens is 380 g/mol. The van der Waals surface area contributed by atoms with E-state index in [-0.39, 0.29) is 5.91 Å². The summed E-state index contributed by atoms with van der Waals surface area (Å²) in [7, 11) is 3.16. The van der Waals surface area contributed by atoms with Gasteiger partial charge in [-0.2, -0.15) is 5.10 Å². The van der Waals surface area contributed by atoms with Crippen molar-refractivity contribution >= 4 is 12.1 Å². The minimum Gasteiger partial charge on any atom is -0.493 e. The summed E-state index contributed by atoms with van der Waals surface area (Å²) in [5.41, 5.74) is 5.95. The molecule has 0 bridgehead atoms. The number of hydrogen-bond donors (Lipinski definition) is 1. The van der Waals surface area contributed by atoms with Crippen molar-refractivity contribution in [1.82, 2.24) is 15.2 Å². The zero-order valence-corrected chi connectivity index (χ0v) is 17.9. The number of nitrogens with zero attached hydrogens (tertiary/aromatic N) is 3. The zero-order chi connectivity index (χ0) is 21.3. The first-order valence-electron chi connectivity index (χ1n) is 10.1. The van der Waals surface area contributed by atoms with Crippen molar-refractivity contribution in [2.45, 2.75) is 13.5 Å². The fourth-order valence-electron chi connectivity index (χ4n) is 3.48. The van der Waals surface area contributed by atoms with Gasteiger partial charge in [0.2, 0.25) is 0 Å². The number of para-hydroxylation sites is 1. The van der Waals surface area contributed by atoms with Crippen molar-refractivity contribution in [1.29, 1.82) is 0 Å². The Kier molecular flexibility index (Phi) is 7.82. The molecule has 1 aliphatic rings. The number of ether oxygens (including phenoxy) is 2. The lowest BCUT2D eigenvalue weighted by Crippen LogP contribution is -2.48. The Labute approximate surface area is 178 Å². The molecule has 1 fully saturated rings. The van der Waals surface area contributed by atoms with E-state index in [4.69, 9.17) is 9.47 Å². The Balaban J connectivity index is 1.43. The van der Waals surface area contributed by atoms with E-state index in [1.165, 1.54) is 11.1 Å². The van der Waals surface area contributed by atoms with Gasteiger partial charge < -0.3 is 9.47 Å². The predicted octanol–water partition coefficient (Wildman–Crippen LogP) is 2.28. The summed E-state index contributed by atoms with van der Waals surface area (Å²) in [6, 6.07) is 14.2. The molecule has 3 rings (SSSR count). The number of carbonyl (C=O) groups excluding carboxylic acids is 1. The van der Waals surface area contributed by atoms with Crippen LogP contribution in [0.2, 0.25) is 0 Å². The van der Waals surface area contributed by atoms with Crippen LogP contribution in [0.3, 0.4) is 0 Å². The smallest absolute Gasteiger partial charge is 0.254 e. The van der Waals surface area contributed by atoms with Crippen LogP contribution in [0.5, 0.6) is 11.5 Å². The van der Waals surface area contributed by atoms with Gasteiger partial charge in [-0.1, -0.05) is 35.9 Å². The van der Waals surface area contributed by atoms with E-state index >= 15 is 0 Å². The minimum absolute atomic E-state index is 0.125. The van der Waals surface area contributed by atoms with E-state index in [0.29, 0.717) is 18.0 Å². The quantitative estimate of drug-likeness (QED) is 0.534. The van der Waals surface area contributed by atoms with Crippen molar-refractivity contribution in [3.05, 3.63) is 59.2 Å². The van der Waals surface area contributed by atoms with E-state index in [1.54, 1.807) is 20.4 Å². The van der Waals surface area contributed by atoms with Crippen LogP contribution in [0, 0.1) is 6.92 Å². The highest BCUT2D eigenvalue weighted by molar-refractivity contribution is 5.86. The zero-order valence-electron chi connectivity index (χ0n) is 17.9. The molecule has 0 radical (unpaired) electrons. The number of hydrogen-bond acceptors (Lipinski definition) is 6. The van der Waals surface area contributed by atoms with Crippen LogP contribution in [0.1, 0.15) is 16.7 Å². The van der Waals surface area contributed by atoms with E-state index in [9.17, 15) is 4.79 Å². The molecule has 2 aromatic rings. The third-order valence-corrected chi connectivity index (χ3v) is 5.19. The second kappa shape index (κ2) is 10.8. The Morgan fingerprint density at radius 1 is 1.03 bits per heavy atom. The van der Waals surface area contributed by atoms with Crippen molar-refractivity contribution in [2.75, 3.05) is 46.9 Å². The summed E-state index contributed by atoms with van der Waals surface area (Å²) in [5.74, 6) is 1.08. The lowest BCUT2D eigenvalue weighted by atomic mass is 10.1. The number of piperazine rings is 1. The molecule has 1 N–H and O–H groups in total. The average molecular weight is 411 g/mol. The molecule has 7 heteroatoms. The number of hydrazone groups is 1. The van der Waals surface area contributed by atoms with E-state index in [0.717, 1.165) is 38.3 Å². The number of carbonyl (C=O) groups is 1. The summed E-state index contributed by atoms with van der Waals surface area (Å²) in [4.78, 5) is 16.8. The lowest BCUT2D eigenvalue weighted by molar-refractivity contribution is -0.122. The molecule has 30 heavy (non-hydrogen) atoms. The number of aryl methyl sites for hydroxylation is 1. The van der Waals surface area contributed by atoms with Gasteiger partial charge in [0.1, 0.15) is 0 Å². The molecule has 1 aliphatic heterocycles. The molecular formula is C23H30N4O3. The molecule has 0 unspecified atom stereocenters. The largest absolute Gasteiger partial charge is 0.493 e. The molecule has 7 nitrogen and oxygen atoms in total. The Morgan fingerprint density at radius 3 is 2.40 bits per heavy atom. The molecule has 1 heterocycles. The molecule has 160 valence electrons. The van der Waals surface area contributed by atoms with Gasteiger partial charge in [0, 0.05) is 38.3 Å². The fraction of sp³-hybridized carbons (Fsp3) is 0.391. The minimum atomic E-state index is -0.125. The predicted molar refractivity (Wildman–Crippen MR) is 118 cm³/mol. The number of amides is 1. The summed E-state index contributed by atoms with van der Waals surface area (Å²) in [6.07, 6.45) is 1.57. The van der Waals surface area contributed by atoms with Crippen molar-refractivity contribution in [3.8, 4) is 11.5 Å². The van der Waals surface area contributed by atoms with Crippen LogP contribution in [0.25, 0.3) is 0 Å². The molecule has 1 amide bonds. The van der Waals surface area contributed by atoms with Gasteiger partial charge in [0.15, 0.2) is 11.5 Å². The highest BCUT2D eigenvalue weighted by Crippen LogP contribution is 2.29. The first-order chi connectivity index (χ1) is 14.6. The first kappa shape index (κ1) is 21.8. The summed E-state index contributed by atoms with van der Waals surface area (Å²) in [5, 5.41) is 4.07. The molecule has 1 saturated heterocycles. The second-order valence-corrected chi connectivity index (χ2v) is 7.41. The van der Waals surface area contributed by atoms with Crippen LogP contribution < -0.4 is 14.9 Å². The lowest BCUT2D eigenvalue weighted by Gasteiger charge is -2.34. The Bertz CT molecular complexity index is 859. The maximum absolute atomic E-state index is 12.2. The first-order valence-corrected chi connectivity index (χ1v) is 10.1. The molecule has 2 aromatic carbocycles. The summed E-state index contributed by atoms with van der Waals surface area (Å²) < 4.78 is 10.6. The monoisotopic (exact) mass is 410 g/mol. The second-order valence-electron chi connectivity index (χ2n) is 7.41. The average Bonchev–Trinajstić information content (AvgIpc) is 2.76. The SMILES string of the molecule is COc1cccc(/C=N\NC(=O)CN2CCN(Cc3ccc(C)cc3)CC2)c1OC. The van der Waals surface area contributed by atoms with Gasteiger partial charge in [-0.15, -0.1) is 0 Å². The van der Waals surface area contributed by atoms with Gasteiger partial charge in [0.05, 0.1) is 27.0 Å². The number of benzene rings is 2. The number of nitrogens with one attached hydrogen (secondary N) is 1. The molecule has 0 atom stereocenters.